The molecule has 0 aromatic carbocycles. The maximum Gasteiger partial charge on any atom is 0.242 e. The van der Waals surface area contributed by atoms with Crippen LogP contribution in [0.2, 0.25) is 0 Å². The second kappa shape index (κ2) is 8.98. The van der Waals surface area contributed by atoms with Gasteiger partial charge in [0.05, 0.1) is 5.75 Å². The summed E-state index contributed by atoms with van der Waals surface area (Å²) in [6.07, 6.45) is 6.51. The fourth-order valence-corrected chi connectivity index (χ4v) is 3.43. The first-order valence-corrected chi connectivity index (χ1v) is 10.1. The van der Waals surface area contributed by atoms with Crippen LogP contribution < -0.4 is 10.6 Å². The molecule has 0 bridgehead atoms. The van der Waals surface area contributed by atoms with Crippen molar-refractivity contribution in [2.45, 2.75) is 50.4 Å². The number of carbonyl (C=O) groups is 2. The summed E-state index contributed by atoms with van der Waals surface area (Å²) in [5, 5.41) is 14.8. The predicted molar refractivity (Wildman–Crippen MR) is 103 cm³/mol. The van der Waals surface area contributed by atoms with E-state index in [0.29, 0.717) is 12.6 Å². The molecule has 0 spiro atoms. The maximum absolute atomic E-state index is 12.2. The topological polar surface area (TPSA) is 102 Å². The lowest BCUT2D eigenvalue weighted by Gasteiger charge is -2.13. The van der Waals surface area contributed by atoms with Crippen molar-refractivity contribution in [1.82, 2.24) is 30.4 Å². The monoisotopic (exact) mass is 388 g/mol. The van der Waals surface area contributed by atoms with Gasteiger partial charge in [-0.25, -0.2) is 0 Å². The van der Waals surface area contributed by atoms with Crippen LogP contribution in [0.4, 0.5) is 0 Å². The highest BCUT2D eigenvalue weighted by Crippen LogP contribution is 2.40. The van der Waals surface area contributed by atoms with Crippen LogP contribution in [0.15, 0.2) is 29.7 Å². The highest BCUT2D eigenvalue weighted by molar-refractivity contribution is 7.99. The quantitative estimate of drug-likeness (QED) is 0.635. The molecule has 1 atom stereocenters. The van der Waals surface area contributed by atoms with Crippen LogP contribution >= 0.6 is 11.8 Å². The zero-order chi connectivity index (χ0) is 19.2. The Kier molecular flexibility index (Phi) is 6.44. The maximum atomic E-state index is 12.2. The number of rotatable bonds is 9. The molecule has 0 saturated heterocycles. The Morgan fingerprint density at radius 2 is 2.19 bits per heavy atom. The van der Waals surface area contributed by atoms with Gasteiger partial charge in [-0.3, -0.25) is 19.1 Å². The van der Waals surface area contributed by atoms with Crippen LogP contribution in [0.5, 0.6) is 0 Å². The lowest BCUT2D eigenvalue weighted by Crippen LogP contribution is -2.45. The summed E-state index contributed by atoms with van der Waals surface area (Å²) >= 11 is 1.34. The van der Waals surface area contributed by atoms with E-state index in [1.54, 1.807) is 19.3 Å². The normalized spacial score (nSPS) is 14.6. The molecule has 1 fully saturated rings. The first-order chi connectivity index (χ1) is 13.1. The van der Waals surface area contributed by atoms with Gasteiger partial charge >= 0.3 is 0 Å². The molecule has 2 N–H and O–H groups in total. The fraction of sp³-hybridized carbons (Fsp3) is 0.500. The lowest BCUT2D eigenvalue weighted by molar-refractivity contribution is -0.127. The van der Waals surface area contributed by atoms with Crippen molar-refractivity contribution < 1.29 is 9.59 Å². The second-order valence-corrected chi connectivity index (χ2v) is 7.46. The molecular formula is C18H24N6O2S. The summed E-state index contributed by atoms with van der Waals surface area (Å²) in [5.74, 6) is 0.590. The number of nitrogens with zero attached hydrogens (tertiary/aromatic N) is 4. The van der Waals surface area contributed by atoms with Crippen molar-refractivity contribution in [2.24, 2.45) is 0 Å². The summed E-state index contributed by atoms with van der Waals surface area (Å²) in [7, 11) is 0. The van der Waals surface area contributed by atoms with Crippen molar-refractivity contribution in [1.29, 1.82) is 0 Å². The van der Waals surface area contributed by atoms with Gasteiger partial charge in [0.25, 0.3) is 0 Å². The van der Waals surface area contributed by atoms with Crippen LogP contribution in [-0.4, -0.2) is 49.9 Å². The zero-order valence-corrected chi connectivity index (χ0v) is 16.3. The Bertz CT molecular complexity index is 790. The van der Waals surface area contributed by atoms with E-state index in [-0.39, 0.29) is 17.6 Å². The first-order valence-electron chi connectivity index (χ1n) is 9.15. The average molecular weight is 388 g/mol. The van der Waals surface area contributed by atoms with Crippen LogP contribution in [-0.2, 0) is 9.59 Å². The molecule has 0 aliphatic heterocycles. The molecule has 8 nitrogen and oxygen atoms in total. The van der Waals surface area contributed by atoms with E-state index in [1.165, 1.54) is 11.8 Å². The minimum Gasteiger partial charge on any atom is -0.354 e. The molecule has 2 aromatic heterocycles. The fourth-order valence-electron chi connectivity index (χ4n) is 2.61. The summed E-state index contributed by atoms with van der Waals surface area (Å²) in [5.41, 5.74) is 0.911. The van der Waals surface area contributed by atoms with Gasteiger partial charge in [-0.2, -0.15) is 0 Å². The van der Waals surface area contributed by atoms with Crippen molar-refractivity contribution in [3.8, 4) is 11.4 Å². The van der Waals surface area contributed by atoms with E-state index in [0.717, 1.165) is 35.8 Å². The standard InChI is InChI=1S/C18H24N6O2S/c1-3-8-20-17(26)12(2)21-15(25)11-27-18-23-22-16(24(18)14-6-7-14)13-5-4-9-19-10-13/h4-5,9-10,12,14H,3,6-8,11H2,1-2H3,(H,20,26)(H,21,25)/t12-/m1/s1. The van der Waals surface area contributed by atoms with Gasteiger partial charge < -0.3 is 10.6 Å². The molecule has 2 amide bonds. The number of aromatic nitrogens is 4. The summed E-state index contributed by atoms with van der Waals surface area (Å²) in [4.78, 5) is 28.2. The number of carbonyl (C=O) groups excluding carboxylic acids is 2. The number of hydrogen-bond donors (Lipinski definition) is 2. The van der Waals surface area contributed by atoms with E-state index in [1.807, 2.05) is 19.1 Å². The van der Waals surface area contributed by atoms with E-state index in [9.17, 15) is 9.59 Å². The first kappa shape index (κ1) is 19.3. The van der Waals surface area contributed by atoms with Crippen molar-refractivity contribution in [3.63, 3.8) is 0 Å². The molecule has 1 saturated carbocycles. The largest absolute Gasteiger partial charge is 0.354 e. The number of amides is 2. The summed E-state index contributed by atoms with van der Waals surface area (Å²) < 4.78 is 2.09. The molecule has 27 heavy (non-hydrogen) atoms. The molecule has 144 valence electrons. The number of pyridine rings is 1. The summed E-state index contributed by atoms with van der Waals surface area (Å²) in [6.45, 7) is 4.27. The highest BCUT2D eigenvalue weighted by Gasteiger charge is 2.30. The van der Waals surface area contributed by atoms with E-state index in [2.05, 4.69) is 30.4 Å². The molecular weight excluding hydrogens is 364 g/mol. The Hall–Kier alpha value is -2.42. The molecule has 1 aliphatic rings. The Morgan fingerprint density at radius 3 is 2.85 bits per heavy atom. The number of nitrogens with one attached hydrogen (secondary N) is 2. The minimum atomic E-state index is -0.558. The molecule has 1 aliphatic carbocycles. The van der Waals surface area contributed by atoms with Gasteiger partial charge in [-0.15, -0.1) is 10.2 Å². The highest BCUT2D eigenvalue weighted by atomic mass is 32.2. The van der Waals surface area contributed by atoms with Crippen LogP contribution in [0, 0.1) is 0 Å². The van der Waals surface area contributed by atoms with Crippen LogP contribution in [0.25, 0.3) is 11.4 Å². The number of thioether (sulfide) groups is 1. The van der Waals surface area contributed by atoms with E-state index < -0.39 is 6.04 Å². The Morgan fingerprint density at radius 1 is 1.37 bits per heavy atom. The Balaban J connectivity index is 1.61. The second-order valence-electron chi connectivity index (χ2n) is 6.52. The van der Waals surface area contributed by atoms with Gasteiger partial charge in [0, 0.05) is 30.5 Å². The molecule has 2 heterocycles. The van der Waals surface area contributed by atoms with Crippen molar-refractivity contribution >= 4 is 23.6 Å². The third kappa shape index (κ3) is 5.06. The van der Waals surface area contributed by atoms with Crippen molar-refractivity contribution in [3.05, 3.63) is 24.5 Å². The molecule has 3 rings (SSSR count). The molecule has 2 aromatic rings. The van der Waals surface area contributed by atoms with Gasteiger partial charge in [0.15, 0.2) is 11.0 Å². The van der Waals surface area contributed by atoms with E-state index in [4.69, 9.17) is 0 Å². The predicted octanol–water partition coefficient (Wildman–Crippen LogP) is 1.80. The minimum absolute atomic E-state index is 0.171. The van der Waals surface area contributed by atoms with Crippen LogP contribution in [0.3, 0.4) is 0 Å². The van der Waals surface area contributed by atoms with Gasteiger partial charge in [0.2, 0.25) is 11.8 Å². The summed E-state index contributed by atoms with van der Waals surface area (Å²) in [6, 6.07) is 3.64. The average Bonchev–Trinajstić information content (AvgIpc) is 3.43. The lowest BCUT2D eigenvalue weighted by atomic mass is 10.3. The molecule has 0 unspecified atom stereocenters. The number of hydrogen-bond acceptors (Lipinski definition) is 6. The van der Waals surface area contributed by atoms with Gasteiger partial charge in [-0.05, 0) is 38.3 Å². The third-order valence-corrected chi connectivity index (χ3v) is 5.09. The van der Waals surface area contributed by atoms with E-state index >= 15 is 0 Å². The molecule has 0 radical (unpaired) electrons. The van der Waals surface area contributed by atoms with Crippen molar-refractivity contribution in [2.75, 3.05) is 12.3 Å². The van der Waals surface area contributed by atoms with Gasteiger partial charge in [0.1, 0.15) is 6.04 Å². The smallest absolute Gasteiger partial charge is 0.242 e. The SMILES string of the molecule is CCCNC(=O)[C@@H](C)NC(=O)CSc1nnc(-c2cccnc2)n1C1CC1. The Labute approximate surface area is 162 Å². The van der Waals surface area contributed by atoms with Gasteiger partial charge in [-0.1, -0.05) is 18.7 Å². The van der Waals surface area contributed by atoms with Crippen LogP contribution in [0.1, 0.15) is 39.2 Å². The zero-order valence-electron chi connectivity index (χ0n) is 15.5. The molecule has 9 heteroatoms. The third-order valence-electron chi connectivity index (χ3n) is 4.15.